The molecule has 134 valence electrons. The lowest BCUT2D eigenvalue weighted by Crippen LogP contribution is -2.24. The van der Waals surface area contributed by atoms with E-state index in [4.69, 9.17) is 10.5 Å². The average molecular weight is 344 g/mol. The molecule has 0 saturated carbocycles. The van der Waals surface area contributed by atoms with Crippen LogP contribution in [0.3, 0.4) is 0 Å². The van der Waals surface area contributed by atoms with E-state index in [1.165, 1.54) is 6.33 Å². The summed E-state index contributed by atoms with van der Waals surface area (Å²) in [6.45, 7) is 1.94. The lowest BCUT2D eigenvalue weighted by Gasteiger charge is -2.14. The van der Waals surface area contributed by atoms with Crippen LogP contribution < -0.4 is 5.73 Å². The summed E-state index contributed by atoms with van der Waals surface area (Å²) in [5, 5.41) is 20.0. The monoisotopic (exact) mass is 344 g/mol. The predicted octanol–water partition coefficient (Wildman–Crippen LogP) is 1.59. The van der Waals surface area contributed by atoms with E-state index in [2.05, 4.69) is 28.7 Å². The van der Waals surface area contributed by atoms with Gasteiger partial charge in [0, 0.05) is 19.0 Å². The molecule has 2 aromatic heterocycles. The van der Waals surface area contributed by atoms with Crippen molar-refractivity contribution in [1.82, 2.24) is 14.5 Å². The van der Waals surface area contributed by atoms with Crippen molar-refractivity contribution in [2.75, 3.05) is 12.3 Å². The van der Waals surface area contributed by atoms with Crippen molar-refractivity contribution in [2.24, 2.45) is 0 Å². The van der Waals surface area contributed by atoms with Crippen molar-refractivity contribution in [3.05, 3.63) is 18.1 Å². The highest BCUT2D eigenvalue weighted by Gasteiger charge is 2.35. The molecule has 1 aliphatic rings. The van der Waals surface area contributed by atoms with Crippen molar-refractivity contribution >= 4 is 16.9 Å². The Morgan fingerprint density at radius 3 is 2.96 bits per heavy atom. The number of ether oxygens (including phenoxy) is 1. The summed E-state index contributed by atoms with van der Waals surface area (Å²) < 4.78 is 7.56. The van der Waals surface area contributed by atoms with Gasteiger partial charge in [0.15, 0.2) is 0 Å². The zero-order valence-corrected chi connectivity index (χ0v) is 14.4. The smallest absolute Gasteiger partial charge is 0.148 e. The van der Waals surface area contributed by atoms with Crippen LogP contribution in [0.2, 0.25) is 0 Å². The SMILES string of the molecule is CCCCCC#Cc1cn([C@H]2C[C@H](O)[C@@H](CO)O2)c2ncnc(N)c12. The van der Waals surface area contributed by atoms with Crippen LogP contribution in [0.5, 0.6) is 0 Å². The number of aromatic nitrogens is 3. The van der Waals surface area contributed by atoms with Crippen molar-refractivity contribution in [3.8, 4) is 11.8 Å². The molecule has 0 amide bonds. The fourth-order valence-electron chi connectivity index (χ4n) is 3.09. The van der Waals surface area contributed by atoms with E-state index in [0.717, 1.165) is 31.2 Å². The molecule has 0 radical (unpaired) electrons. The third-order valence-corrected chi connectivity index (χ3v) is 4.46. The number of unbranched alkanes of at least 4 members (excludes halogenated alkanes) is 3. The van der Waals surface area contributed by atoms with Crippen LogP contribution in [0, 0.1) is 11.8 Å². The average Bonchev–Trinajstić information content (AvgIpc) is 3.16. The molecular weight excluding hydrogens is 320 g/mol. The largest absolute Gasteiger partial charge is 0.394 e. The summed E-state index contributed by atoms with van der Waals surface area (Å²) in [6, 6.07) is 0. The molecule has 0 bridgehead atoms. The van der Waals surface area contributed by atoms with Gasteiger partial charge in [-0.15, -0.1) is 0 Å². The maximum Gasteiger partial charge on any atom is 0.148 e. The molecule has 1 saturated heterocycles. The van der Waals surface area contributed by atoms with Gasteiger partial charge in [-0.05, 0) is 6.42 Å². The van der Waals surface area contributed by atoms with E-state index < -0.39 is 18.4 Å². The quantitative estimate of drug-likeness (QED) is 0.562. The molecule has 0 aliphatic carbocycles. The third-order valence-electron chi connectivity index (χ3n) is 4.46. The van der Waals surface area contributed by atoms with Crippen molar-refractivity contribution in [1.29, 1.82) is 0 Å². The van der Waals surface area contributed by atoms with Crippen LogP contribution in [-0.4, -0.2) is 43.6 Å². The third kappa shape index (κ3) is 3.61. The molecule has 2 aromatic rings. The Hall–Kier alpha value is -2.14. The van der Waals surface area contributed by atoms with Gasteiger partial charge >= 0.3 is 0 Å². The summed E-state index contributed by atoms with van der Waals surface area (Å²) in [6.07, 6.45) is 6.14. The predicted molar refractivity (Wildman–Crippen MR) is 94.6 cm³/mol. The maximum absolute atomic E-state index is 9.99. The Balaban J connectivity index is 1.93. The molecule has 25 heavy (non-hydrogen) atoms. The normalized spacial score (nSPS) is 22.9. The molecule has 3 heterocycles. The lowest BCUT2D eigenvalue weighted by atomic mass is 10.2. The van der Waals surface area contributed by atoms with E-state index in [9.17, 15) is 10.2 Å². The van der Waals surface area contributed by atoms with Gasteiger partial charge in [-0.25, -0.2) is 9.97 Å². The zero-order chi connectivity index (χ0) is 17.8. The summed E-state index contributed by atoms with van der Waals surface area (Å²) in [5.74, 6) is 6.73. The van der Waals surface area contributed by atoms with Crippen molar-refractivity contribution in [3.63, 3.8) is 0 Å². The number of hydrogen-bond acceptors (Lipinski definition) is 6. The summed E-state index contributed by atoms with van der Waals surface area (Å²) in [5.41, 5.74) is 7.42. The lowest BCUT2D eigenvalue weighted by molar-refractivity contribution is -0.0430. The number of anilines is 1. The highest BCUT2D eigenvalue weighted by atomic mass is 16.5. The summed E-state index contributed by atoms with van der Waals surface area (Å²) >= 11 is 0. The van der Waals surface area contributed by atoms with Gasteiger partial charge in [-0.1, -0.05) is 31.6 Å². The van der Waals surface area contributed by atoms with Crippen LogP contribution in [0.1, 0.15) is 50.8 Å². The molecule has 7 heteroatoms. The van der Waals surface area contributed by atoms with Crippen LogP contribution >= 0.6 is 0 Å². The van der Waals surface area contributed by atoms with Crippen molar-refractivity contribution in [2.45, 2.75) is 57.5 Å². The van der Waals surface area contributed by atoms with Crippen molar-refractivity contribution < 1.29 is 14.9 Å². The number of nitrogen functional groups attached to an aromatic ring is 1. The van der Waals surface area contributed by atoms with Gasteiger partial charge < -0.3 is 25.3 Å². The number of hydrogen-bond donors (Lipinski definition) is 3. The summed E-state index contributed by atoms with van der Waals surface area (Å²) in [7, 11) is 0. The van der Waals surface area contributed by atoms with Gasteiger partial charge in [-0.2, -0.15) is 0 Å². The first-order chi connectivity index (χ1) is 12.2. The van der Waals surface area contributed by atoms with E-state index in [-0.39, 0.29) is 6.61 Å². The first-order valence-corrected chi connectivity index (χ1v) is 8.70. The van der Waals surface area contributed by atoms with Crippen LogP contribution in [-0.2, 0) is 4.74 Å². The Bertz CT molecular complexity index is 793. The second-order valence-electron chi connectivity index (χ2n) is 6.28. The van der Waals surface area contributed by atoms with Gasteiger partial charge in [0.05, 0.1) is 23.7 Å². The van der Waals surface area contributed by atoms with E-state index in [1.807, 2.05) is 10.8 Å². The minimum atomic E-state index is -0.713. The number of fused-ring (bicyclic) bond motifs is 1. The summed E-state index contributed by atoms with van der Waals surface area (Å²) in [4.78, 5) is 8.39. The zero-order valence-electron chi connectivity index (χ0n) is 14.4. The molecule has 1 fully saturated rings. The second kappa shape index (κ2) is 7.83. The van der Waals surface area contributed by atoms with Gasteiger partial charge in [0.1, 0.15) is 30.1 Å². The minimum Gasteiger partial charge on any atom is -0.394 e. The fraction of sp³-hybridized carbons (Fsp3) is 0.556. The number of nitrogens with two attached hydrogens (primary N) is 1. The van der Waals surface area contributed by atoms with Crippen LogP contribution in [0.25, 0.3) is 11.0 Å². The molecular formula is C18H24N4O3. The van der Waals surface area contributed by atoms with E-state index >= 15 is 0 Å². The van der Waals surface area contributed by atoms with E-state index in [0.29, 0.717) is 23.3 Å². The minimum absolute atomic E-state index is 0.224. The maximum atomic E-state index is 9.99. The highest BCUT2D eigenvalue weighted by Crippen LogP contribution is 2.33. The molecule has 0 unspecified atom stereocenters. The fourth-order valence-corrected chi connectivity index (χ4v) is 3.09. The Morgan fingerprint density at radius 1 is 1.40 bits per heavy atom. The molecule has 3 atom stereocenters. The van der Waals surface area contributed by atoms with E-state index in [1.54, 1.807) is 0 Å². The Labute approximate surface area is 146 Å². The molecule has 0 spiro atoms. The van der Waals surface area contributed by atoms with Gasteiger partial charge in [0.2, 0.25) is 0 Å². The first kappa shape index (κ1) is 17.7. The highest BCUT2D eigenvalue weighted by molar-refractivity contribution is 5.92. The second-order valence-corrected chi connectivity index (χ2v) is 6.28. The molecule has 3 rings (SSSR count). The number of nitrogens with zero attached hydrogens (tertiary/aromatic N) is 3. The topological polar surface area (TPSA) is 106 Å². The van der Waals surface area contributed by atoms with Gasteiger partial charge in [-0.3, -0.25) is 0 Å². The molecule has 4 N–H and O–H groups in total. The van der Waals surface area contributed by atoms with Crippen LogP contribution in [0.15, 0.2) is 12.5 Å². The van der Waals surface area contributed by atoms with Gasteiger partial charge in [0.25, 0.3) is 0 Å². The number of aliphatic hydroxyl groups excluding tert-OH is 2. The molecule has 0 aromatic carbocycles. The molecule has 7 nitrogen and oxygen atoms in total. The number of rotatable bonds is 5. The Kier molecular flexibility index (Phi) is 5.53. The first-order valence-electron chi connectivity index (χ1n) is 8.70. The van der Waals surface area contributed by atoms with Crippen LogP contribution in [0.4, 0.5) is 5.82 Å². The standard InChI is InChI=1S/C18H24N4O3/c1-2-3-4-5-6-7-12-9-22(15-8-13(24)14(10-23)25-15)18-16(12)17(19)20-11-21-18/h9,11,13-15,23-24H,2-5,8,10H2,1H3,(H2,19,20,21)/t13-,14+,15+/m0/s1. The Morgan fingerprint density at radius 2 is 2.24 bits per heavy atom. The molecule has 1 aliphatic heterocycles. The number of aliphatic hydroxyl groups is 2.